The lowest BCUT2D eigenvalue weighted by Gasteiger charge is -2.24. The molecule has 0 amide bonds. The van der Waals surface area contributed by atoms with Gasteiger partial charge in [-0.25, -0.2) is 9.97 Å². The molecule has 2 N–H and O–H groups in total. The van der Waals surface area contributed by atoms with Gasteiger partial charge in [0, 0.05) is 17.0 Å². The maximum atomic E-state index is 5.27. The first-order chi connectivity index (χ1) is 13.3. The lowest BCUT2D eigenvalue weighted by atomic mass is 9.97. The third-order valence-electron chi connectivity index (χ3n) is 5.43. The number of methoxy groups -OCH3 is 1. The molecule has 27 heavy (non-hydrogen) atoms. The topological polar surface area (TPSA) is 59.1 Å². The van der Waals surface area contributed by atoms with E-state index in [-0.39, 0.29) is 0 Å². The van der Waals surface area contributed by atoms with E-state index in [4.69, 9.17) is 14.7 Å². The molecule has 0 radical (unpaired) electrons. The van der Waals surface area contributed by atoms with Gasteiger partial charge in [-0.3, -0.25) is 0 Å². The van der Waals surface area contributed by atoms with E-state index in [1.807, 2.05) is 12.1 Å². The highest BCUT2D eigenvalue weighted by molar-refractivity contribution is 7.99. The first-order valence-electron chi connectivity index (χ1n) is 9.98. The summed E-state index contributed by atoms with van der Waals surface area (Å²) in [6.45, 7) is 3.21. The molecule has 0 unspecified atom stereocenters. The fourth-order valence-corrected chi connectivity index (χ4v) is 4.77. The van der Waals surface area contributed by atoms with Crippen LogP contribution in [0.15, 0.2) is 34.2 Å². The Morgan fingerprint density at radius 1 is 1.11 bits per heavy atom. The van der Waals surface area contributed by atoms with Gasteiger partial charge >= 0.3 is 0 Å². The van der Waals surface area contributed by atoms with Gasteiger partial charge in [0.1, 0.15) is 10.8 Å². The molecule has 1 aliphatic heterocycles. The van der Waals surface area contributed by atoms with Gasteiger partial charge < -0.3 is 15.4 Å². The molecule has 1 fully saturated rings. The molecule has 0 spiro atoms. The van der Waals surface area contributed by atoms with Gasteiger partial charge in [-0.05, 0) is 81.8 Å². The maximum Gasteiger partial charge on any atom is 0.224 e. The standard InChI is InChI=1S/C21H28N4OS/c1-26-16-6-8-17(9-7-16)27-20-18-4-2-3-5-19(18)24-21(25-20)23-14-15-10-12-22-13-11-15/h6-9,15,22H,2-5,10-14H2,1H3,(H,23,24,25). The van der Waals surface area contributed by atoms with Crippen molar-refractivity contribution in [2.75, 3.05) is 32.1 Å². The minimum atomic E-state index is 0.712. The van der Waals surface area contributed by atoms with Crippen LogP contribution in [0.4, 0.5) is 5.95 Å². The van der Waals surface area contributed by atoms with Gasteiger partial charge in [-0.15, -0.1) is 0 Å². The SMILES string of the molecule is COc1ccc(Sc2nc(NCC3CCNCC3)nc3c2CCCC3)cc1. The highest BCUT2D eigenvalue weighted by Gasteiger charge is 2.20. The number of nitrogens with zero attached hydrogens (tertiary/aromatic N) is 2. The van der Waals surface area contributed by atoms with Crippen molar-refractivity contribution in [1.29, 1.82) is 0 Å². The zero-order chi connectivity index (χ0) is 18.5. The summed E-state index contributed by atoms with van der Waals surface area (Å²) in [7, 11) is 1.70. The van der Waals surface area contributed by atoms with E-state index in [2.05, 4.69) is 22.8 Å². The number of piperidine rings is 1. The van der Waals surface area contributed by atoms with E-state index in [0.29, 0.717) is 5.92 Å². The number of aryl methyl sites for hydroxylation is 1. The fourth-order valence-electron chi connectivity index (χ4n) is 3.80. The summed E-state index contributed by atoms with van der Waals surface area (Å²) in [6.07, 6.45) is 7.06. The molecule has 2 heterocycles. The zero-order valence-corrected chi connectivity index (χ0v) is 16.8. The van der Waals surface area contributed by atoms with Gasteiger partial charge in [-0.2, -0.15) is 0 Å². The van der Waals surface area contributed by atoms with E-state index < -0.39 is 0 Å². The first kappa shape index (κ1) is 18.6. The summed E-state index contributed by atoms with van der Waals surface area (Å²) < 4.78 is 5.27. The van der Waals surface area contributed by atoms with Crippen LogP contribution < -0.4 is 15.4 Å². The van der Waals surface area contributed by atoms with Crippen LogP contribution in [-0.2, 0) is 12.8 Å². The predicted octanol–water partition coefficient (Wildman–Crippen LogP) is 3.93. The predicted molar refractivity (Wildman–Crippen MR) is 110 cm³/mol. The van der Waals surface area contributed by atoms with E-state index in [1.165, 1.54) is 41.8 Å². The fraction of sp³-hybridized carbons (Fsp3) is 0.524. The Kier molecular flexibility index (Phi) is 6.14. The number of nitrogens with one attached hydrogen (secondary N) is 2. The Balaban J connectivity index is 1.52. The van der Waals surface area contributed by atoms with Crippen LogP contribution in [0.25, 0.3) is 0 Å². The molecule has 0 saturated carbocycles. The lowest BCUT2D eigenvalue weighted by Crippen LogP contribution is -2.31. The monoisotopic (exact) mass is 384 g/mol. The lowest BCUT2D eigenvalue weighted by molar-refractivity contribution is 0.389. The van der Waals surface area contributed by atoms with Gasteiger partial charge in [0.2, 0.25) is 5.95 Å². The Morgan fingerprint density at radius 2 is 1.89 bits per heavy atom. The van der Waals surface area contributed by atoms with Gasteiger partial charge in [0.05, 0.1) is 12.8 Å². The van der Waals surface area contributed by atoms with Crippen LogP contribution in [0.3, 0.4) is 0 Å². The number of anilines is 1. The van der Waals surface area contributed by atoms with Gasteiger partial charge in [-0.1, -0.05) is 11.8 Å². The zero-order valence-electron chi connectivity index (χ0n) is 16.0. The molecule has 1 saturated heterocycles. The van der Waals surface area contributed by atoms with Crippen molar-refractivity contribution >= 4 is 17.7 Å². The molecule has 144 valence electrons. The molecule has 0 atom stereocenters. The van der Waals surface area contributed by atoms with Crippen molar-refractivity contribution in [2.24, 2.45) is 5.92 Å². The summed E-state index contributed by atoms with van der Waals surface area (Å²) in [5.74, 6) is 2.39. The Bertz CT molecular complexity index is 760. The number of hydrogen-bond donors (Lipinski definition) is 2. The molecule has 5 nitrogen and oxygen atoms in total. The molecule has 2 aromatic rings. The number of ether oxygens (including phenoxy) is 1. The van der Waals surface area contributed by atoms with Gasteiger partial charge in [0.15, 0.2) is 0 Å². The van der Waals surface area contributed by atoms with Crippen LogP contribution in [0.2, 0.25) is 0 Å². The number of fused-ring (bicyclic) bond motifs is 1. The molecule has 1 aromatic heterocycles. The third kappa shape index (κ3) is 4.74. The smallest absolute Gasteiger partial charge is 0.224 e. The molecular formula is C21H28N4OS. The summed E-state index contributed by atoms with van der Waals surface area (Å²) in [4.78, 5) is 10.9. The second kappa shape index (κ2) is 8.93. The maximum absolute atomic E-state index is 5.27. The number of aromatic nitrogens is 2. The molecule has 0 bridgehead atoms. The van der Waals surface area contributed by atoms with Crippen molar-refractivity contribution in [1.82, 2.24) is 15.3 Å². The van der Waals surface area contributed by atoms with Crippen LogP contribution >= 0.6 is 11.8 Å². The van der Waals surface area contributed by atoms with Crippen LogP contribution in [0.5, 0.6) is 5.75 Å². The molecule has 1 aliphatic carbocycles. The average Bonchev–Trinajstić information content (AvgIpc) is 2.73. The largest absolute Gasteiger partial charge is 0.497 e. The molecule has 6 heteroatoms. The van der Waals surface area contributed by atoms with Crippen LogP contribution in [0, 0.1) is 5.92 Å². The molecule has 2 aliphatic rings. The minimum Gasteiger partial charge on any atom is -0.497 e. The highest BCUT2D eigenvalue weighted by atomic mass is 32.2. The summed E-state index contributed by atoms with van der Waals surface area (Å²) in [5.41, 5.74) is 2.58. The second-order valence-corrected chi connectivity index (χ2v) is 8.40. The van der Waals surface area contributed by atoms with Gasteiger partial charge in [0.25, 0.3) is 0 Å². The van der Waals surface area contributed by atoms with Crippen molar-refractivity contribution in [3.8, 4) is 5.75 Å². The van der Waals surface area contributed by atoms with Crippen LogP contribution in [-0.4, -0.2) is 36.7 Å². The first-order valence-corrected chi connectivity index (χ1v) is 10.8. The molecular weight excluding hydrogens is 356 g/mol. The van der Waals surface area contributed by atoms with Crippen molar-refractivity contribution < 1.29 is 4.74 Å². The normalized spacial score (nSPS) is 17.4. The van der Waals surface area contributed by atoms with Crippen molar-refractivity contribution in [3.63, 3.8) is 0 Å². The Labute approximate surface area is 165 Å². The van der Waals surface area contributed by atoms with Crippen molar-refractivity contribution in [3.05, 3.63) is 35.5 Å². The van der Waals surface area contributed by atoms with Crippen LogP contribution in [0.1, 0.15) is 36.9 Å². The summed E-state index contributed by atoms with van der Waals surface area (Å²) in [5, 5.41) is 8.06. The van der Waals surface area contributed by atoms with Crippen molar-refractivity contribution in [2.45, 2.75) is 48.4 Å². The highest BCUT2D eigenvalue weighted by Crippen LogP contribution is 2.35. The summed E-state index contributed by atoms with van der Waals surface area (Å²) in [6, 6.07) is 8.21. The quantitative estimate of drug-likeness (QED) is 0.736. The Morgan fingerprint density at radius 3 is 2.67 bits per heavy atom. The molecule has 1 aromatic carbocycles. The van der Waals surface area contributed by atoms with E-state index in [9.17, 15) is 0 Å². The third-order valence-corrected chi connectivity index (χ3v) is 6.47. The van der Waals surface area contributed by atoms with E-state index in [0.717, 1.165) is 49.2 Å². The minimum absolute atomic E-state index is 0.712. The van der Waals surface area contributed by atoms with E-state index >= 15 is 0 Å². The molecule has 4 rings (SSSR count). The number of rotatable bonds is 6. The number of hydrogen-bond acceptors (Lipinski definition) is 6. The van der Waals surface area contributed by atoms with E-state index in [1.54, 1.807) is 18.9 Å². The summed E-state index contributed by atoms with van der Waals surface area (Å²) >= 11 is 1.74. The average molecular weight is 385 g/mol. The number of benzene rings is 1. The second-order valence-electron chi connectivity index (χ2n) is 7.34. The Hall–Kier alpha value is -1.79.